The van der Waals surface area contributed by atoms with Crippen LogP contribution in [0, 0.1) is 5.82 Å². The number of rotatable bonds is 6. The molecular weight excluding hydrogens is 396 g/mol. The third kappa shape index (κ3) is 5.04. The van der Waals surface area contributed by atoms with Crippen LogP contribution in [0.25, 0.3) is 0 Å². The highest BCUT2D eigenvalue weighted by atomic mass is 35.5. The van der Waals surface area contributed by atoms with Crippen LogP contribution in [0.5, 0.6) is 5.75 Å². The first-order valence-corrected chi connectivity index (χ1v) is 8.99. The van der Waals surface area contributed by atoms with Crippen LogP contribution < -0.4 is 10.1 Å². The SMILES string of the molecule is Fc1ccc(COc2cccc(CNc3cc(Cl)ccc3Cl)c2)c(Cl)c1. The Balaban J connectivity index is 1.63. The van der Waals surface area contributed by atoms with Crippen LogP contribution in [0.1, 0.15) is 11.1 Å². The van der Waals surface area contributed by atoms with E-state index in [4.69, 9.17) is 39.5 Å². The van der Waals surface area contributed by atoms with Crippen molar-refractivity contribution in [2.24, 2.45) is 0 Å². The Labute approximate surface area is 166 Å². The predicted molar refractivity (Wildman–Crippen MR) is 106 cm³/mol. The maximum absolute atomic E-state index is 13.1. The van der Waals surface area contributed by atoms with Gasteiger partial charge < -0.3 is 10.1 Å². The molecule has 0 radical (unpaired) electrons. The van der Waals surface area contributed by atoms with Crippen LogP contribution in [0.3, 0.4) is 0 Å². The monoisotopic (exact) mass is 409 g/mol. The van der Waals surface area contributed by atoms with Crippen molar-refractivity contribution < 1.29 is 9.13 Å². The zero-order valence-corrected chi connectivity index (χ0v) is 15.9. The largest absolute Gasteiger partial charge is 0.489 e. The molecule has 0 aliphatic rings. The molecule has 0 aromatic heterocycles. The molecule has 0 fully saturated rings. The maximum Gasteiger partial charge on any atom is 0.124 e. The van der Waals surface area contributed by atoms with E-state index >= 15 is 0 Å². The number of anilines is 1. The summed E-state index contributed by atoms with van der Waals surface area (Å²) in [5.74, 6) is 0.327. The first-order valence-electron chi connectivity index (χ1n) is 7.86. The predicted octanol–water partition coefficient (Wildman–Crippen LogP) is 6.98. The molecule has 1 N–H and O–H groups in total. The second-order valence-corrected chi connectivity index (χ2v) is 6.90. The molecule has 0 saturated carbocycles. The van der Waals surface area contributed by atoms with Crippen LogP contribution in [-0.4, -0.2) is 0 Å². The summed E-state index contributed by atoms with van der Waals surface area (Å²) < 4.78 is 18.9. The molecule has 0 unspecified atom stereocenters. The van der Waals surface area contributed by atoms with Gasteiger partial charge in [0.2, 0.25) is 0 Å². The van der Waals surface area contributed by atoms with E-state index in [-0.39, 0.29) is 12.4 Å². The van der Waals surface area contributed by atoms with Crippen molar-refractivity contribution >= 4 is 40.5 Å². The first kappa shape index (κ1) is 18.8. The lowest BCUT2D eigenvalue weighted by Crippen LogP contribution is -2.01. The van der Waals surface area contributed by atoms with Crippen molar-refractivity contribution in [3.63, 3.8) is 0 Å². The highest BCUT2D eigenvalue weighted by Gasteiger charge is 2.05. The molecule has 3 aromatic carbocycles. The minimum Gasteiger partial charge on any atom is -0.489 e. The van der Waals surface area contributed by atoms with Crippen molar-refractivity contribution in [3.05, 3.63) is 92.7 Å². The maximum atomic E-state index is 13.1. The Bertz CT molecular complexity index is 917. The normalized spacial score (nSPS) is 10.6. The molecule has 0 spiro atoms. The summed E-state index contributed by atoms with van der Waals surface area (Å²) in [4.78, 5) is 0. The number of ether oxygens (including phenoxy) is 1. The van der Waals surface area contributed by atoms with Gasteiger partial charge >= 0.3 is 0 Å². The first-order chi connectivity index (χ1) is 12.5. The van der Waals surface area contributed by atoms with Crippen molar-refractivity contribution in [2.45, 2.75) is 13.2 Å². The molecule has 0 amide bonds. The number of hydrogen-bond donors (Lipinski definition) is 1. The number of benzene rings is 3. The highest BCUT2D eigenvalue weighted by Crippen LogP contribution is 2.26. The van der Waals surface area contributed by atoms with Gasteiger partial charge in [-0.25, -0.2) is 4.39 Å². The number of halogens is 4. The molecule has 0 aliphatic carbocycles. The van der Waals surface area contributed by atoms with Gasteiger partial charge in [0.1, 0.15) is 18.2 Å². The second kappa shape index (κ2) is 8.63. The van der Waals surface area contributed by atoms with Gasteiger partial charge in [0, 0.05) is 17.1 Å². The Morgan fingerprint density at radius 2 is 1.73 bits per heavy atom. The van der Waals surface area contributed by atoms with Crippen LogP contribution in [0.4, 0.5) is 10.1 Å². The average molecular weight is 411 g/mol. The van der Waals surface area contributed by atoms with Gasteiger partial charge in [-0.1, -0.05) is 53.0 Å². The topological polar surface area (TPSA) is 21.3 Å². The van der Waals surface area contributed by atoms with Crippen molar-refractivity contribution in [1.82, 2.24) is 0 Å². The van der Waals surface area contributed by atoms with E-state index in [0.717, 1.165) is 16.8 Å². The summed E-state index contributed by atoms with van der Waals surface area (Å²) in [6.45, 7) is 0.824. The summed E-state index contributed by atoms with van der Waals surface area (Å²) in [6.07, 6.45) is 0. The van der Waals surface area contributed by atoms with Crippen LogP contribution in [0.15, 0.2) is 60.7 Å². The third-order valence-corrected chi connectivity index (χ3v) is 4.64. The molecular formula is C20H15Cl3FNO. The number of hydrogen-bond acceptors (Lipinski definition) is 2. The Morgan fingerprint density at radius 1 is 0.885 bits per heavy atom. The van der Waals surface area contributed by atoms with E-state index in [9.17, 15) is 4.39 Å². The van der Waals surface area contributed by atoms with E-state index in [1.54, 1.807) is 24.3 Å². The third-order valence-electron chi connectivity index (χ3n) is 3.72. The lowest BCUT2D eigenvalue weighted by atomic mass is 10.2. The van der Waals surface area contributed by atoms with Crippen LogP contribution in [0.2, 0.25) is 15.1 Å². The molecule has 3 rings (SSSR count). The molecule has 3 aromatic rings. The molecule has 134 valence electrons. The average Bonchev–Trinajstić information content (AvgIpc) is 2.62. The molecule has 2 nitrogen and oxygen atoms in total. The van der Waals surface area contributed by atoms with Crippen LogP contribution in [-0.2, 0) is 13.2 Å². The lowest BCUT2D eigenvalue weighted by molar-refractivity contribution is 0.306. The molecule has 26 heavy (non-hydrogen) atoms. The van der Waals surface area contributed by atoms with Crippen molar-refractivity contribution in [1.29, 1.82) is 0 Å². The van der Waals surface area contributed by atoms with Gasteiger partial charge in [0.25, 0.3) is 0 Å². The standard InChI is InChI=1S/C20H15Cl3FNO/c21-15-5-7-18(22)20(9-15)25-11-13-2-1-3-17(8-13)26-12-14-4-6-16(24)10-19(14)23/h1-10,25H,11-12H2. The molecule has 0 saturated heterocycles. The van der Waals surface area contributed by atoms with E-state index < -0.39 is 0 Å². The van der Waals surface area contributed by atoms with Gasteiger partial charge in [-0.3, -0.25) is 0 Å². The van der Waals surface area contributed by atoms with Gasteiger partial charge in [-0.2, -0.15) is 0 Å². The zero-order valence-electron chi connectivity index (χ0n) is 13.6. The van der Waals surface area contributed by atoms with Gasteiger partial charge in [0.05, 0.1) is 15.7 Å². The highest BCUT2D eigenvalue weighted by molar-refractivity contribution is 6.35. The second-order valence-electron chi connectivity index (χ2n) is 5.65. The van der Waals surface area contributed by atoms with Crippen molar-refractivity contribution in [2.75, 3.05) is 5.32 Å². The summed E-state index contributed by atoms with van der Waals surface area (Å²) in [5, 5.41) is 4.82. The quantitative estimate of drug-likeness (QED) is 0.473. The fraction of sp³-hybridized carbons (Fsp3) is 0.100. The minimum absolute atomic E-state index is 0.260. The van der Waals surface area contributed by atoms with E-state index in [1.165, 1.54) is 12.1 Å². The molecule has 0 aliphatic heterocycles. The lowest BCUT2D eigenvalue weighted by Gasteiger charge is -2.11. The zero-order chi connectivity index (χ0) is 18.5. The Morgan fingerprint density at radius 3 is 2.54 bits per heavy atom. The van der Waals surface area contributed by atoms with Gasteiger partial charge in [-0.05, 0) is 48.0 Å². The summed E-state index contributed by atoms with van der Waals surface area (Å²) >= 11 is 18.2. The van der Waals surface area contributed by atoms with Gasteiger partial charge in [0.15, 0.2) is 0 Å². The van der Waals surface area contributed by atoms with E-state index in [0.29, 0.717) is 27.4 Å². The van der Waals surface area contributed by atoms with E-state index in [1.807, 2.05) is 24.3 Å². The fourth-order valence-corrected chi connectivity index (χ4v) is 2.95. The minimum atomic E-state index is -0.369. The number of nitrogens with one attached hydrogen (secondary N) is 1. The fourth-order valence-electron chi connectivity index (χ4n) is 2.38. The molecule has 0 atom stereocenters. The molecule has 0 heterocycles. The Kier molecular flexibility index (Phi) is 6.25. The summed E-state index contributed by atoms with van der Waals surface area (Å²) in [5.41, 5.74) is 2.51. The van der Waals surface area contributed by atoms with Crippen LogP contribution >= 0.6 is 34.8 Å². The van der Waals surface area contributed by atoms with E-state index in [2.05, 4.69) is 5.32 Å². The van der Waals surface area contributed by atoms with Crippen molar-refractivity contribution in [3.8, 4) is 5.75 Å². The van der Waals surface area contributed by atoms with Gasteiger partial charge in [-0.15, -0.1) is 0 Å². The summed E-state index contributed by atoms with van der Waals surface area (Å²) in [7, 11) is 0. The molecule has 0 bridgehead atoms. The smallest absolute Gasteiger partial charge is 0.124 e. The summed E-state index contributed by atoms with van der Waals surface area (Å²) in [6, 6.07) is 17.2. The Hall–Kier alpha value is -1.94. The molecule has 6 heteroatoms.